The Hall–Kier alpha value is -2.06. The van der Waals surface area contributed by atoms with Gasteiger partial charge in [0, 0.05) is 9.26 Å². The SMILES string of the molecule is CCOc1ccccc1N1C(=O)C(Cl)=C(Nc2ccc(I)cc2)C1=O. The highest BCUT2D eigenvalue weighted by atomic mass is 127. The van der Waals surface area contributed by atoms with Crippen LogP contribution in [0.3, 0.4) is 0 Å². The standard InChI is InChI=1S/C18H14ClIN2O3/c1-2-25-14-6-4-3-5-13(14)22-17(23)15(19)16(18(22)24)21-12-9-7-11(20)8-10-12/h3-10,21H,2H2,1H3. The third kappa shape index (κ3) is 3.50. The molecule has 0 spiro atoms. The highest BCUT2D eigenvalue weighted by Crippen LogP contribution is 2.35. The van der Waals surface area contributed by atoms with Gasteiger partial charge in [-0.05, 0) is 65.9 Å². The average Bonchev–Trinajstić information content (AvgIpc) is 2.81. The maximum absolute atomic E-state index is 12.8. The Morgan fingerprint density at radius 3 is 2.44 bits per heavy atom. The molecule has 0 saturated carbocycles. The van der Waals surface area contributed by atoms with E-state index in [0.717, 1.165) is 8.47 Å². The Morgan fingerprint density at radius 2 is 1.76 bits per heavy atom. The largest absolute Gasteiger partial charge is 0.492 e. The van der Waals surface area contributed by atoms with Crippen LogP contribution in [0.1, 0.15) is 6.92 Å². The van der Waals surface area contributed by atoms with E-state index in [2.05, 4.69) is 27.9 Å². The molecule has 0 atom stereocenters. The fourth-order valence-corrected chi connectivity index (χ4v) is 3.00. The van der Waals surface area contributed by atoms with Gasteiger partial charge in [-0.15, -0.1) is 0 Å². The summed E-state index contributed by atoms with van der Waals surface area (Å²) in [5, 5.41) is 2.80. The maximum atomic E-state index is 12.8. The Balaban J connectivity index is 1.93. The summed E-state index contributed by atoms with van der Waals surface area (Å²) in [4.78, 5) is 26.4. The maximum Gasteiger partial charge on any atom is 0.283 e. The summed E-state index contributed by atoms with van der Waals surface area (Å²) in [6, 6.07) is 14.3. The van der Waals surface area contributed by atoms with Crippen LogP contribution < -0.4 is 15.0 Å². The lowest BCUT2D eigenvalue weighted by atomic mass is 10.2. The number of anilines is 2. The van der Waals surface area contributed by atoms with Crippen molar-refractivity contribution in [3.63, 3.8) is 0 Å². The van der Waals surface area contributed by atoms with Crippen LogP contribution in [0.4, 0.5) is 11.4 Å². The number of nitrogens with one attached hydrogen (secondary N) is 1. The Kier molecular flexibility index (Phi) is 5.29. The second kappa shape index (κ2) is 7.45. The molecule has 1 aliphatic rings. The molecule has 25 heavy (non-hydrogen) atoms. The minimum absolute atomic E-state index is 0.0548. The van der Waals surface area contributed by atoms with Gasteiger partial charge >= 0.3 is 0 Å². The van der Waals surface area contributed by atoms with Crippen LogP contribution in [0.5, 0.6) is 5.75 Å². The summed E-state index contributed by atoms with van der Waals surface area (Å²) in [5.41, 5.74) is 1.10. The van der Waals surface area contributed by atoms with Crippen LogP contribution in [0, 0.1) is 3.57 Å². The van der Waals surface area contributed by atoms with Crippen LogP contribution in [-0.2, 0) is 9.59 Å². The van der Waals surface area contributed by atoms with Crippen molar-refractivity contribution in [3.8, 4) is 5.75 Å². The van der Waals surface area contributed by atoms with Crippen LogP contribution >= 0.6 is 34.2 Å². The smallest absolute Gasteiger partial charge is 0.283 e. The van der Waals surface area contributed by atoms with Crippen LogP contribution in [0.2, 0.25) is 0 Å². The lowest BCUT2D eigenvalue weighted by Crippen LogP contribution is -2.32. The van der Waals surface area contributed by atoms with E-state index >= 15 is 0 Å². The van der Waals surface area contributed by atoms with E-state index in [9.17, 15) is 9.59 Å². The number of halogens is 2. The summed E-state index contributed by atoms with van der Waals surface area (Å²) < 4.78 is 6.58. The molecule has 1 heterocycles. The van der Waals surface area contributed by atoms with Crippen molar-refractivity contribution in [1.82, 2.24) is 0 Å². The predicted molar refractivity (Wildman–Crippen MR) is 106 cm³/mol. The fraction of sp³-hybridized carbons (Fsp3) is 0.111. The lowest BCUT2D eigenvalue weighted by molar-refractivity contribution is -0.120. The molecule has 0 aliphatic carbocycles. The van der Waals surface area contributed by atoms with Gasteiger partial charge in [0.15, 0.2) is 0 Å². The topological polar surface area (TPSA) is 58.6 Å². The molecule has 2 aromatic carbocycles. The molecule has 5 nitrogen and oxygen atoms in total. The number of ether oxygens (including phenoxy) is 1. The van der Waals surface area contributed by atoms with Gasteiger partial charge in [0.25, 0.3) is 11.8 Å². The molecular formula is C18H14ClIN2O3. The van der Waals surface area contributed by atoms with E-state index < -0.39 is 11.8 Å². The summed E-state index contributed by atoms with van der Waals surface area (Å²) in [6.45, 7) is 2.25. The number of amides is 2. The van der Waals surface area contributed by atoms with Crippen LogP contribution in [0.15, 0.2) is 59.3 Å². The van der Waals surface area contributed by atoms with E-state index in [1.165, 1.54) is 0 Å². The first-order chi connectivity index (χ1) is 12.0. The molecule has 1 aliphatic heterocycles. The normalized spacial score (nSPS) is 14.3. The molecule has 0 fully saturated rings. The molecule has 2 aromatic rings. The number of rotatable bonds is 5. The molecule has 2 amide bonds. The van der Waals surface area contributed by atoms with Crippen molar-refractivity contribution in [2.45, 2.75) is 6.92 Å². The van der Waals surface area contributed by atoms with Gasteiger partial charge in [0.1, 0.15) is 16.5 Å². The van der Waals surface area contributed by atoms with Gasteiger partial charge in [0.2, 0.25) is 0 Å². The van der Waals surface area contributed by atoms with Crippen molar-refractivity contribution in [3.05, 3.63) is 62.8 Å². The number of carbonyl (C=O) groups is 2. The third-order valence-corrected chi connectivity index (χ3v) is 4.62. The quantitative estimate of drug-likeness (QED) is 0.530. The third-order valence-electron chi connectivity index (χ3n) is 3.55. The number of imide groups is 1. The Labute approximate surface area is 163 Å². The fourth-order valence-electron chi connectivity index (χ4n) is 2.43. The Morgan fingerprint density at radius 1 is 1.08 bits per heavy atom. The molecule has 0 unspecified atom stereocenters. The van der Waals surface area contributed by atoms with Crippen LogP contribution in [-0.4, -0.2) is 18.4 Å². The first-order valence-electron chi connectivity index (χ1n) is 7.56. The monoisotopic (exact) mass is 468 g/mol. The van der Waals surface area contributed by atoms with Gasteiger partial charge < -0.3 is 10.1 Å². The van der Waals surface area contributed by atoms with Crippen molar-refractivity contribution >= 4 is 57.4 Å². The van der Waals surface area contributed by atoms with Crippen LogP contribution in [0.25, 0.3) is 0 Å². The van der Waals surface area contributed by atoms with E-state index in [4.69, 9.17) is 16.3 Å². The second-order valence-corrected chi connectivity index (χ2v) is 6.79. The summed E-state index contributed by atoms with van der Waals surface area (Å²) in [6.07, 6.45) is 0. The first kappa shape index (κ1) is 17.8. The van der Waals surface area contributed by atoms with E-state index in [1.807, 2.05) is 31.2 Å². The zero-order valence-corrected chi connectivity index (χ0v) is 16.2. The first-order valence-corrected chi connectivity index (χ1v) is 9.01. The number of para-hydroxylation sites is 2. The molecule has 0 bridgehead atoms. The zero-order valence-electron chi connectivity index (χ0n) is 13.3. The highest BCUT2D eigenvalue weighted by molar-refractivity contribution is 14.1. The lowest BCUT2D eigenvalue weighted by Gasteiger charge is -2.18. The van der Waals surface area contributed by atoms with E-state index in [1.54, 1.807) is 24.3 Å². The predicted octanol–water partition coefficient (Wildman–Crippen LogP) is 4.13. The van der Waals surface area contributed by atoms with E-state index in [0.29, 0.717) is 23.7 Å². The van der Waals surface area contributed by atoms with Gasteiger partial charge in [0.05, 0.1) is 12.3 Å². The Bertz CT molecular complexity index is 865. The summed E-state index contributed by atoms with van der Waals surface area (Å²) in [5.74, 6) is -0.640. The number of benzene rings is 2. The summed E-state index contributed by atoms with van der Waals surface area (Å²) in [7, 11) is 0. The molecule has 128 valence electrons. The average molecular weight is 469 g/mol. The second-order valence-electron chi connectivity index (χ2n) is 5.17. The molecule has 3 rings (SSSR count). The number of hydrogen-bond donors (Lipinski definition) is 1. The number of hydrogen-bond acceptors (Lipinski definition) is 4. The van der Waals surface area contributed by atoms with E-state index in [-0.39, 0.29) is 10.7 Å². The van der Waals surface area contributed by atoms with Crippen molar-refractivity contribution < 1.29 is 14.3 Å². The molecule has 1 N–H and O–H groups in total. The van der Waals surface area contributed by atoms with Gasteiger partial charge in [-0.25, -0.2) is 4.90 Å². The molecular weight excluding hydrogens is 455 g/mol. The van der Waals surface area contributed by atoms with Gasteiger partial charge in [-0.3, -0.25) is 9.59 Å². The minimum atomic E-state index is -0.577. The molecule has 0 saturated heterocycles. The van der Waals surface area contributed by atoms with Crippen molar-refractivity contribution in [2.75, 3.05) is 16.8 Å². The molecule has 0 aromatic heterocycles. The zero-order chi connectivity index (χ0) is 18.0. The minimum Gasteiger partial charge on any atom is -0.492 e. The number of carbonyl (C=O) groups excluding carboxylic acids is 2. The van der Waals surface area contributed by atoms with Crippen molar-refractivity contribution in [2.24, 2.45) is 0 Å². The number of nitrogens with zero attached hydrogens (tertiary/aromatic N) is 1. The van der Waals surface area contributed by atoms with Crippen molar-refractivity contribution in [1.29, 1.82) is 0 Å². The molecule has 0 radical (unpaired) electrons. The van der Waals surface area contributed by atoms with Gasteiger partial charge in [-0.1, -0.05) is 23.7 Å². The highest BCUT2D eigenvalue weighted by Gasteiger charge is 2.40. The molecule has 7 heteroatoms. The van der Waals surface area contributed by atoms with Gasteiger partial charge in [-0.2, -0.15) is 0 Å². The summed E-state index contributed by atoms with van der Waals surface area (Å²) >= 11 is 8.33.